The summed E-state index contributed by atoms with van der Waals surface area (Å²) in [5.74, 6) is -1.53. The zero-order chi connectivity index (χ0) is 20.4. The predicted molar refractivity (Wildman–Crippen MR) is 99.7 cm³/mol. The van der Waals surface area contributed by atoms with E-state index in [4.69, 9.17) is 11.6 Å². The SMILES string of the molecule is CN=[N+](Nc1cc(Cl)ccc1C)c1ccc(S(=O)(=O)N(C)C)cc1C(=O)[O-].[Na+]. The quantitative estimate of drug-likeness (QED) is 0.273. The molecule has 2 aromatic carbocycles. The van der Waals surface area contributed by atoms with Crippen LogP contribution in [0.2, 0.25) is 5.02 Å². The topological polar surface area (TPSA) is 105 Å². The molecule has 144 valence electrons. The number of hydrazine groups is 1. The summed E-state index contributed by atoms with van der Waals surface area (Å²) in [5, 5.41) is 16.1. The van der Waals surface area contributed by atoms with E-state index in [-0.39, 0.29) is 45.7 Å². The molecular weight excluding hydrogens is 415 g/mol. The minimum atomic E-state index is -3.80. The number of halogens is 1. The van der Waals surface area contributed by atoms with Gasteiger partial charge in [0.15, 0.2) is 0 Å². The van der Waals surface area contributed by atoms with Gasteiger partial charge < -0.3 is 9.90 Å². The average Bonchev–Trinajstić information content (AvgIpc) is 2.61. The fourth-order valence-corrected chi connectivity index (χ4v) is 3.38. The van der Waals surface area contributed by atoms with Crippen LogP contribution < -0.4 is 40.1 Å². The second kappa shape index (κ2) is 9.82. The van der Waals surface area contributed by atoms with Gasteiger partial charge in [-0.05, 0) is 41.9 Å². The van der Waals surface area contributed by atoms with Gasteiger partial charge in [0.1, 0.15) is 5.69 Å². The molecular formula is C17H19ClN4NaO4S+. The summed E-state index contributed by atoms with van der Waals surface area (Å²) in [6, 6.07) is 8.89. The minimum absolute atomic E-state index is 0. The van der Waals surface area contributed by atoms with Crippen molar-refractivity contribution in [3.05, 3.63) is 52.5 Å². The van der Waals surface area contributed by atoms with Gasteiger partial charge >= 0.3 is 29.6 Å². The molecule has 0 amide bonds. The first-order valence-electron chi connectivity index (χ1n) is 7.78. The average molecular weight is 434 g/mol. The molecule has 0 unspecified atom stereocenters. The van der Waals surface area contributed by atoms with Gasteiger partial charge in [0.05, 0.1) is 23.5 Å². The monoisotopic (exact) mass is 433 g/mol. The van der Waals surface area contributed by atoms with Gasteiger partial charge in [0.25, 0.3) is 5.69 Å². The Bertz CT molecular complexity index is 1030. The Morgan fingerprint density at radius 2 is 1.86 bits per heavy atom. The summed E-state index contributed by atoms with van der Waals surface area (Å²) in [7, 11) is 0.377. The fourth-order valence-electron chi connectivity index (χ4n) is 2.28. The van der Waals surface area contributed by atoms with E-state index in [0.717, 1.165) is 15.9 Å². The number of carboxylic acid groups (broad SMARTS) is 1. The van der Waals surface area contributed by atoms with E-state index >= 15 is 0 Å². The Balaban J connectivity index is 0.00000392. The normalized spacial score (nSPS) is 11.9. The molecule has 0 aliphatic rings. The Morgan fingerprint density at radius 1 is 1.21 bits per heavy atom. The van der Waals surface area contributed by atoms with Crippen molar-refractivity contribution in [2.24, 2.45) is 5.11 Å². The van der Waals surface area contributed by atoms with E-state index in [2.05, 4.69) is 10.5 Å². The number of carbonyl (C=O) groups excluding carboxylic acids is 1. The number of sulfonamides is 1. The first-order chi connectivity index (χ1) is 12.6. The fraction of sp³-hybridized carbons (Fsp3) is 0.235. The summed E-state index contributed by atoms with van der Waals surface area (Å²) in [4.78, 5) is 12.7. The Morgan fingerprint density at radius 3 is 2.39 bits per heavy atom. The van der Waals surface area contributed by atoms with E-state index < -0.39 is 16.0 Å². The first-order valence-corrected chi connectivity index (χ1v) is 9.60. The van der Waals surface area contributed by atoms with Crippen LogP contribution in [0.3, 0.4) is 0 Å². The van der Waals surface area contributed by atoms with E-state index in [1.165, 1.54) is 38.1 Å². The molecule has 0 heterocycles. The number of aryl methyl sites for hydroxylation is 1. The second-order valence-electron chi connectivity index (χ2n) is 5.84. The van der Waals surface area contributed by atoms with Crippen LogP contribution in [0.25, 0.3) is 0 Å². The third-order valence-corrected chi connectivity index (χ3v) is 5.87. The molecule has 0 spiro atoms. The van der Waals surface area contributed by atoms with E-state index in [1.807, 2.05) is 6.92 Å². The van der Waals surface area contributed by atoms with Crippen LogP contribution in [0.1, 0.15) is 15.9 Å². The van der Waals surface area contributed by atoms with Crippen LogP contribution in [-0.4, -0.2) is 44.6 Å². The number of carboxylic acids is 1. The number of nitrogens with one attached hydrogen (secondary N) is 1. The zero-order valence-electron chi connectivity index (χ0n) is 16.2. The maximum absolute atomic E-state index is 12.3. The van der Waals surface area contributed by atoms with Crippen LogP contribution in [0, 0.1) is 6.92 Å². The van der Waals surface area contributed by atoms with Crippen LogP contribution in [0.5, 0.6) is 0 Å². The summed E-state index contributed by atoms with van der Waals surface area (Å²) in [5.41, 5.74) is 4.23. The maximum Gasteiger partial charge on any atom is 1.00 e. The molecule has 0 atom stereocenters. The molecule has 2 rings (SSSR count). The third kappa shape index (κ3) is 5.31. The summed E-state index contributed by atoms with van der Waals surface area (Å²) in [6.07, 6.45) is 0. The third-order valence-electron chi connectivity index (χ3n) is 3.82. The Labute approximate surface area is 191 Å². The van der Waals surface area contributed by atoms with Gasteiger partial charge in [0.2, 0.25) is 10.0 Å². The molecule has 28 heavy (non-hydrogen) atoms. The number of hydrogen-bond acceptors (Lipinski definition) is 5. The van der Waals surface area contributed by atoms with Gasteiger partial charge in [-0.2, -0.15) is 0 Å². The molecule has 2 aromatic rings. The minimum Gasteiger partial charge on any atom is -0.545 e. The molecule has 0 aromatic heterocycles. The van der Waals surface area contributed by atoms with Crippen molar-refractivity contribution in [1.29, 1.82) is 0 Å². The van der Waals surface area contributed by atoms with Crippen molar-refractivity contribution in [3.63, 3.8) is 0 Å². The Kier molecular flexibility index (Phi) is 8.61. The van der Waals surface area contributed by atoms with Crippen molar-refractivity contribution >= 4 is 39.0 Å². The van der Waals surface area contributed by atoms with Crippen LogP contribution in [0.4, 0.5) is 11.4 Å². The molecule has 0 aliphatic carbocycles. The van der Waals surface area contributed by atoms with Gasteiger partial charge in [0, 0.05) is 30.0 Å². The number of carbonyl (C=O) groups is 1. The van der Waals surface area contributed by atoms with E-state index in [1.54, 1.807) is 18.2 Å². The maximum atomic E-state index is 12.3. The number of hydrogen-bond donors (Lipinski definition) is 1. The molecule has 0 saturated heterocycles. The van der Waals surface area contributed by atoms with Crippen LogP contribution in [-0.2, 0) is 10.0 Å². The number of benzene rings is 2. The second-order valence-corrected chi connectivity index (χ2v) is 8.42. The number of anilines is 1. The van der Waals surface area contributed by atoms with Crippen LogP contribution >= 0.6 is 11.6 Å². The van der Waals surface area contributed by atoms with Crippen molar-refractivity contribution in [3.8, 4) is 0 Å². The number of nitrogens with zero attached hydrogens (tertiary/aromatic N) is 3. The largest absolute Gasteiger partial charge is 1.00 e. The molecule has 0 saturated carbocycles. The van der Waals surface area contributed by atoms with Gasteiger partial charge in [-0.25, -0.2) is 12.7 Å². The van der Waals surface area contributed by atoms with Crippen LogP contribution in [0.15, 0.2) is 46.4 Å². The number of aromatic carboxylic acids is 1. The predicted octanol–water partition coefficient (Wildman–Crippen LogP) is -0.981. The zero-order valence-corrected chi connectivity index (χ0v) is 19.8. The molecule has 0 aliphatic heterocycles. The van der Waals surface area contributed by atoms with E-state index in [9.17, 15) is 18.3 Å². The van der Waals surface area contributed by atoms with Crippen molar-refractivity contribution < 1.29 is 52.7 Å². The molecule has 0 bridgehead atoms. The van der Waals surface area contributed by atoms with Gasteiger partial charge in [-0.3, -0.25) is 0 Å². The van der Waals surface area contributed by atoms with Gasteiger partial charge in [-0.1, -0.05) is 17.7 Å². The standard InChI is InChI=1S/C17H19ClN4O4S.Na/c1-11-5-6-12(18)9-15(11)20-22(19-2)16-8-7-13(10-14(16)17(23)24)27(25,26)21(3)4;/h5-10H,1-4H3,(H-,19,20,23,24);/q;+1. The summed E-state index contributed by atoms with van der Waals surface area (Å²) in [6.45, 7) is 1.85. The van der Waals surface area contributed by atoms with E-state index in [0.29, 0.717) is 10.7 Å². The molecule has 1 N–H and O–H groups in total. The van der Waals surface area contributed by atoms with Crippen molar-refractivity contribution in [2.75, 3.05) is 26.6 Å². The molecule has 11 heteroatoms. The van der Waals surface area contributed by atoms with Crippen molar-refractivity contribution in [2.45, 2.75) is 11.8 Å². The Hall–Kier alpha value is -1.49. The van der Waals surface area contributed by atoms with Gasteiger partial charge in [-0.15, -0.1) is 5.43 Å². The molecule has 0 fully saturated rings. The smallest absolute Gasteiger partial charge is 0.545 e. The van der Waals surface area contributed by atoms with Crippen molar-refractivity contribution in [1.82, 2.24) is 4.31 Å². The number of azo groups is 1. The number of rotatable bonds is 6. The molecule has 0 radical (unpaired) electrons. The summed E-state index contributed by atoms with van der Waals surface area (Å²) < 4.78 is 25.5. The first kappa shape index (κ1) is 24.5. The summed E-state index contributed by atoms with van der Waals surface area (Å²) >= 11 is 6.01. The molecule has 8 nitrogen and oxygen atoms in total.